The molecule has 0 bridgehead atoms. The summed E-state index contributed by atoms with van der Waals surface area (Å²) in [7, 11) is 8.84. The molecule has 1 fully saturated rings. The summed E-state index contributed by atoms with van der Waals surface area (Å²) in [5, 5.41) is 7.27. The molecule has 0 spiro atoms. The molecule has 0 aromatic rings. The van der Waals surface area contributed by atoms with Crippen molar-refractivity contribution in [2.45, 2.75) is 55.2 Å². The van der Waals surface area contributed by atoms with Gasteiger partial charge in [0.1, 0.15) is 0 Å². The van der Waals surface area contributed by atoms with Gasteiger partial charge in [-0.15, -0.1) is 0 Å². The van der Waals surface area contributed by atoms with Crippen molar-refractivity contribution in [3.05, 3.63) is 0 Å². The molecule has 0 radical (unpaired) electrons. The van der Waals surface area contributed by atoms with E-state index in [0.29, 0.717) is 12.8 Å². The average Bonchev–Trinajstić information content (AvgIpc) is 2.34. The van der Waals surface area contributed by atoms with Gasteiger partial charge in [-0.25, -0.2) is 0 Å². The molecule has 0 aromatic heterocycles. The Morgan fingerprint density at radius 1 is 1.13 bits per heavy atom. The Morgan fingerprint density at radius 2 is 1.65 bits per heavy atom. The monoisotopic (exact) mass is 575 g/mol. The van der Waals surface area contributed by atoms with Crippen LogP contribution in [0.3, 0.4) is 0 Å². The third kappa shape index (κ3) is 7.62. The summed E-state index contributed by atoms with van der Waals surface area (Å²) in [5.74, 6) is 0.295. The summed E-state index contributed by atoms with van der Waals surface area (Å²) >= 11 is -3.72. The van der Waals surface area contributed by atoms with Gasteiger partial charge in [0.15, 0.2) is 0 Å². The normalized spacial score (nSPS) is 22.8. The van der Waals surface area contributed by atoms with Crippen LogP contribution in [0.25, 0.3) is 0 Å². The molecule has 4 nitrogen and oxygen atoms in total. The molecular formula is C11H25Cl2N2O2Ti6. The number of hydrogen-bond acceptors (Lipinski definition) is 2. The van der Waals surface area contributed by atoms with E-state index < -0.39 is 40.4 Å². The van der Waals surface area contributed by atoms with Gasteiger partial charge in [0.2, 0.25) is 0 Å². The van der Waals surface area contributed by atoms with Crippen LogP contribution in [0.15, 0.2) is 0 Å². The molecule has 1 saturated heterocycles. The standard InChI is InChI=1S/2C4H9NO.3CH3.2ClH.6Ti/c2*1-2-3-4(5)6;;;;;;;;;;;/h2*2-3H2,1H3,(H2,5,6);3*1H3;2*1H;;;;;;/q;;;;;;;;;;;+1;+3/p-4. The van der Waals surface area contributed by atoms with Crippen molar-refractivity contribution in [3.8, 4) is 0 Å². The molecular weight excluding hydrogens is 550 g/mol. The van der Waals surface area contributed by atoms with E-state index in [9.17, 15) is 9.59 Å². The maximum atomic E-state index is 12.3. The van der Waals surface area contributed by atoms with Crippen molar-refractivity contribution in [1.29, 1.82) is 0 Å². The van der Waals surface area contributed by atoms with E-state index in [1.54, 1.807) is 0 Å². The van der Waals surface area contributed by atoms with Crippen LogP contribution in [0.4, 0.5) is 0 Å². The number of amides is 2. The molecule has 0 saturated carbocycles. The Kier molecular flexibility index (Phi) is 10.8. The van der Waals surface area contributed by atoms with Crippen molar-refractivity contribution >= 4 is 30.4 Å². The van der Waals surface area contributed by atoms with Gasteiger partial charge in [0.05, 0.1) is 0 Å². The molecule has 1 aliphatic rings. The van der Waals surface area contributed by atoms with E-state index in [4.69, 9.17) is 18.6 Å². The van der Waals surface area contributed by atoms with E-state index in [1.165, 1.54) is 0 Å². The van der Waals surface area contributed by atoms with Crippen LogP contribution in [0.1, 0.15) is 39.5 Å². The zero-order chi connectivity index (χ0) is 17.9. The first kappa shape index (κ1) is 24.8. The van der Waals surface area contributed by atoms with Crippen LogP contribution >= 0.6 is 18.6 Å². The Hall–Kier alpha value is 3.81. The number of carbonyl (C=O) groups excluding carboxylic acids is 2. The van der Waals surface area contributed by atoms with Crippen LogP contribution in [-0.2, 0) is 75.4 Å². The van der Waals surface area contributed by atoms with E-state index in [-0.39, 0.29) is 37.3 Å². The Balaban J connectivity index is 3.05. The van der Waals surface area contributed by atoms with Gasteiger partial charge in [-0.3, -0.25) is 0 Å². The molecule has 23 heavy (non-hydrogen) atoms. The summed E-state index contributed by atoms with van der Waals surface area (Å²) < 4.78 is 6.75. The number of hydrogen-bond donors (Lipinski definition) is 2. The van der Waals surface area contributed by atoms with Gasteiger partial charge in [-0.1, -0.05) is 0 Å². The van der Waals surface area contributed by atoms with Gasteiger partial charge >= 0.3 is 169 Å². The van der Waals surface area contributed by atoms with Gasteiger partial charge in [-0.05, 0) is 0 Å². The zero-order valence-corrected chi connectivity index (χ0v) is 25.3. The van der Waals surface area contributed by atoms with E-state index in [0.717, 1.165) is 12.8 Å². The average molecular weight is 575 g/mol. The first-order valence-corrected chi connectivity index (χ1v) is 42.5. The fourth-order valence-electron chi connectivity index (χ4n) is 2.51. The van der Waals surface area contributed by atoms with Gasteiger partial charge in [-0.2, -0.15) is 0 Å². The summed E-state index contributed by atoms with van der Waals surface area (Å²) in [5.41, 5.74) is 0. The van der Waals surface area contributed by atoms with Gasteiger partial charge in [0.25, 0.3) is 0 Å². The molecule has 0 aliphatic carbocycles. The SMILES string of the molecule is CCCC(=O)[NH][Ti]1[Ti][Ti]([CH3])([CH3])[Ti][Ti]([Cl])([Cl])([NH]C(=O)CCC)[Ti]1[CH3]. The topological polar surface area (TPSA) is 58.2 Å². The van der Waals surface area contributed by atoms with Crippen LogP contribution < -0.4 is 7.60 Å². The Labute approximate surface area is 165 Å². The van der Waals surface area contributed by atoms with Gasteiger partial charge in [0, 0.05) is 0 Å². The molecule has 12 heteroatoms. The van der Waals surface area contributed by atoms with E-state index in [2.05, 4.69) is 23.3 Å². The molecule has 0 atom stereocenters. The summed E-state index contributed by atoms with van der Waals surface area (Å²) in [6.45, 7) is 4.05. The van der Waals surface area contributed by atoms with Crippen molar-refractivity contribution in [1.82, 2.24) is 7.60 Å². The fraction of sp³-hybridized carbons (Fsp3) is 0.818. The van der Waals surface area contributed by atoms with Gasteiger partial charge < -0.3 is 0 Å². The minimum absolute atomic E-state index is 0.0153. The predicted octanol–water partition coefficient (Wildman–Crippen LogP) is 3.85. The van der Waals surface area contributed by atoms with Crippen LogP contribution in [0.2, 0.25) is 15.7 Å². The molecule has 1 rings (SSSR count). The second-order valence-corrected chi connectivity index (χ2v) is 116. The number of halogens is 2. The minimum atomic E-state index is -3.81. The Morgan fingerprint density at radius 3 is 2.17 bits per heavy atom. The molecule has 0 aromatic carbocycles. The Bertz CT molecular complexity index is 479. The number of carbonyl (C=O) groups is 2. The fourth-order valence-corrected chi connectivity index (χ4v) is 537. The molecule has 1 heterocycles. The predicted molar refractivity (Wildman–Crippen MR) is 75.4 cm³/mol. The summed E-state index contributed by atoms with van der Waals surface area (Å²) in [6, 6.07) is 0. The quantitative estimate of drug-likeness (QED) is 0.473. The molecule has 2 amide bonds. The van der Waals surface area contributed by atoms with Crippen molar-refractivity contribution in [2.24, 2.45) is 0 Å². The molecule has 1 aliphatic heterocycles. The molecule has 129 valence electrons. The zero-order valence-electron chi connectivity index (χ0n) is 14.4. The van der Waals surface area contributed by atoms with Crippen molar-refractivity contribution in [2.75, 3.05) is 0 Å². The van der Waals surface area contributed by atoms with Crippen LogP contribution in [-0.4, -0.2) is 11.8 Å². The second-order valence-electron chi connectivity index (χ2n) is 6.48. The van der Waals surface area contributed by atoms with E-state index >= 15 is 0 Å². The first-order chi connectivity index (χ1) is 10.4. The van der Waals surface area contributed by atoms with Crippen LogP contribution in [0, 0.1) is 0 Å². The number of nitrogens with one attached hydrogen (secondary N) is 2. The molecule has 2 N–H and O–H groups in total. The maximum absolute atomic E-state index is 12.3. The third-order valence-electron chi connectivity index (χ3n) is 3.58. The second kappa shape index (κ2) is 10.0. The van der Waals surface area contributed by atoms with E-state index in [1.807, 2.05) is 13.8 Å². The van der Waals surface area contributed by atoms with Crippen molar-refractivity contribution in [3.63, 3.8) is 0 Å². The molecule has 0 unspecified atom stereocenters. The van der Waals surface area contributed by atoms with Crippen molar-refractivity contribution < 1.29 is 75.4 Å². The van der Waals surface area contributed by atoms with Crippen LogP contribution in [0.5, 0.6) is 0 Å². The third-order valence-corrected chi connectivity index (χ3v) is 240. The summed E-state index contributed by atoms with van der Waals surface area (Å²) in [4.78, 5) is 24.5. The summed E-state index contributed by atoms with van der Waals surface area (Å²) in [6.07, 6.45) is 2.86. The number of rotatable bonds is 6. The first-order valence-electron chi connectivity index (χ1n) is 7.91.